The van der Waals surface area contributed by atoms with Crippen molar-refractivity contribution in [1.82, 2.24) is 14.5 Å². The number of hydrogen-bond donors (Lipinski definition) is 1. The zero-order chi connectivity index (χ0) is 30.9. The largest absolute Gasteiger partial charge is 0.497 e. The zero-order valence-corrected chi connectivity index (χ0v) is 25.1. The number of aryl methyl sites for hydroxylation is 1. The molecule has 7 rings (SSSR count). The first kappa shape index (κ1) is 27.8. The summed E-state index contributed by atoms with van der Waals surface area (Å²) in [6.07, 6.45) is 5.80. The summed E-state index contributed by atoms with van der Waals surface area (Å²) in [5.74, 6) is 8.72. The van der Waals surface area contributed by atoms with Crippen molar-refractivity contribution in [2.24, 2.45) is 0 Å². The summed E-state index contributed by atoms with van der Waals surface area (Å²) >= 11 is 0. The van der Waals surface area contributed by atoms with Crippen LogP contribution in [0.15, 0.2) is 108 Å². The third-order valence-electron chi connectivity index (χ3n) is 7.97. The maximum absolute atomic E-state index is 13.9. The van der Waals surface area contributed by atoms with E-state index in [1.165, 1.54) is 0 Å². The summed E-state index contributed by atoms with van der Waals surface area (Å²) < 4.78 is 12.4. The molecule has 0 aliphatic carbocycles. The van der Waals surface area contributed by atoms with Crippen molar-refractivity contribution < 1.29 is 9.47 Å². The van der Waals surface area contributed by atoms with Crippen molar-refractivity contribution >= 4 is 44.7 Å². The molecule has 0 unspecified atom stereocenters. The van der Waals surface area contributed by atoms with Crippen LogP contribution in [-0.4, -0.2) is 28.8 Å². The molecule has 0 saturated heterocycles. The summed E-state index contributed by atoms with van der Waals surface area (Å²) in [7, 11) is 3.32. The van der Waals surface area contributed by atoms with Gasteiger partial charge in [-0.05, 0) is 108 Å². The van der Waals surface area contributed by atoms with Gasteiger partial charge in [-0.25, -0.2) is 4.98 Å². The number of para-hydroxylation sites is 1. The predicted octanol–water partition coefficient (Wildman–Crippen LogP) is 7.92. The topological polar surface area (TPSA) is 69.1 Å². The van der Waals surface area contributed by atoms with E-state index in [0.717, 1.165) is 61.1 Å². The molecule has 5 aromatic carbocycles. The fourth-order valence-corrected chi connectivity index (χ4v) is 5.60. The highest BCUT2D eigenvalue weighted by Crippen LogP contribution is 2.26. The highest BCUT2D eigenvalue weighted by molar-refractivity contribution is 5.92. The molecule has 2 aromatic heterocycles. The van der Waals surface area contributed by atoms with Gasteiger partial charge in [0.15, 0.2) is 0 Å². The van der Waals surface area contributed by atoms with Crippen molar-refractivity contribution in [3.63, 3.8) is 0 Å². The zero-order valence-electron chi connectivity index (χ0n) is 25.1. The molecule has 0 atom stereocenters. The summed E-state index contributed by atoms with van der Waals surface area (Å²) in [6, 6.07) is 31.4. The molecular weight excluding hydrogens is 558 g/mol. The summed E-state index contributed by atoms with van der Waals surface area (Å²) in [6.45, 7) is 1.99. The van der Waals surface area contributed by atoms with Gasteiger partial charge in [0.25, 0.3) is 5.56 Å². The van der Waals surface area contributed by atoms with Gasteiger partial charge in [0.1, 0.15) is 17.3 Å². The SMILES string of the molecule is COc1ccc2cc(C#Cc3ccc(-n4c(C=Cc5c[nH]c6ccc(OC)cc56)nc5ccccc5c4=O)c(C)c3)ccc2c1. The Bertz CT molecular complexity index is 2400. The maximum Gasteiger partial charge on any atom is 0.266 e. The van der Waals surface area contributed by atoms with E-state index >= 15 is 0 Å². The number of benzene rings is 5. The van der Waals surface area contributed by atoms with Gasteiger partial charge < -0.3 is 14.5 Å². The molecular formula is C39H29N3O3. The van der Waals surface area contributed by atoms with Crippen LogP contribution in [0, 0.1) is 18.8 Å². The number of hydrogen-bond acceptors (Lipinski definition) is 4. The molecule has 0 radical (unpaired) electrons. The van der Waals surface area contributed by atoms with E-state index in [4.69, 9.17) is 14.5 Å². The first-order valence-corrected chi connectivity index (χ1v) is 14.6. The van der Waals surface area contributed by atoms with Crippen molar-refractivity contribution in [2.75, 3.05) is 14.2 Å². The molecule has 0 spiro atoms. The summed E-state index contributed by atoms with van der Waals surface area (Å²) in [4.78, 5) is 22.1. The molecule has 0 bridgehead atoms. The normalized spacial score (nSPS) is 11.3. The first-order valence-electron chi connectivity index (χ1n) is 14.6. The minimum absolute atomic E-state index is 0.129. The minimum Gasteiger partial charge on any atom is -0.497 e. The Balaban J connectivity index is 1.27. The number of ether oxygens (including phenoxy) is 2. The second-order valence-corrected chi connectivity index (χ2v) is 10.8. The van der Waals surface area contributed by atoms with Crippen LogP contribution in [0.2, 0.25) is 0 Å². The standard InChI is InChI=1S/C39H29N3O3/c1-25-20-26(8-9-27-10-12-29-22-31(44-2)15-13-28(29)21-27)11-18-37(25)42-38(41-36-7-5-4-6-33(36)39(42)43)19-14-30-24-40-35-17-16-32(45-3)23-34(30)35/h4-7,10-24,40H,1-3H3. The molecule has 45 heavy (non-hydrogen) atoms. The van der Waals surface area contributed by atoms with Crippen LogP contribution in [0.4, 0.5) is 0 Å². The number of rotatable bonds is 5. The summed E-state index contributed by atoms with van der Waals surface area (Å²) in [5, 5.41) is 3.78. The smallest absolute Gasteiger partial charge is 0.266 e. The molecule has 0 aliphatic heterocycles. The van der Waals surface area contributed by atoms with Gasteiger partial charge in [-0.3, -0.25) is 9.36 Å². The lowest BCUT2D eigenvalue weighted by Gasteiger charge is -2.14. The Morgan fingerprint density at radius 2 is 1.47 bits per heavy atom. The van der Waals surface area contributed by atoms with E-state index in [9.17, 15) is 4.79 Å². The van der Waals surface area contributed by atoms with Gasteiger partial charge in [-0.2, -0.15) is 0 Å². The number of nitrogens with zero attached hydrogens (tertiary/aromatic N) is 2. The van der Waals surface area contributed by atoms with Crippen molar-refractivity contribution in [3.05, 3.63) is 142 Å². The lowest BCUT2D eigenvalue weighted by Crippen LogP contribution is -2.23. The van der Waals surface area contributed by atoms with Crippen molar-refractivity contribution in [2.45, 2.75) is 6.92 Å². The molecule has 0 saturated carbocycles. The van der Waals surface area contributed by atoms with Crippen molar-refractivity contribution in [3.8, 4) is 29.0 Å². The lowest BCUT2D eigenvalue weighted by molar-refractivity contribution is 0.415. The van der Waals surface area contributed by atoms with E-state index in [0.29, 0.717) is 16.7 Å². The Morgan fingerprint density at radius 1 is 0.756 bits per heavy atom. The first-order chi connectivity index (χ1) is 22.0. The number of H-pyrrole nitrogens is 1. The van der Waals surface area contributed by atoms with Crippen LogP contribution < -0.4 is 15.0 Å². The highest BCUT2D eigenvalue weighted by Gasteiger charge is 2.14. The number of methoxy groups -OCH3 is 2. The van der Waals surface area contributed by atoms with Gasteiger partial charge in [-0.1, -0.05) is 36.1 Å². The highest BCUT2D eigenvalue weighted by atomic mass is 16.5. The van der Waals surface area contributed by atoms with Crippen LogP contribution in [0.3, 0.4) is 0 Å². The molecule has 218 valence electrons. The molecule has 0 amide bonds. The molecule has 1 N–H and O–H groups in total. The fourth-order valence-electron chi connectivity index (χ4n) is 5.60. The van der Waals surface area contributed by atoms with Gasteiger partial charge in [0.2, 0.25) is 0 Å². The second kappa shape index (κ2) is 11.6. The number of aromatic amines is 1. The van der Waals surface area contributed by atoms with Gasteiger partial charge in [-0.15, -0.1) is 0 Å². The molecule has 7 aromatic rings. The lowest BCUT2D eigenvalue weighted by atomic mass is 10.1. The fraction of sp³-hybridized carbons (Fsp3) is 0.0769. The van der Waals surface area contributed by atoms with Crippen LogP contribution >= 0.6 is 0 Å². The van der Waals surface area contributed by atoms with E-state index in [1.807, 2.05) is 110 Å². The predicted molar refractivity (Wildman–Crippen MR) is 182 cm³/mol. The molecule has 6 heteroatoms. The minimum atomic E-state index is -0.129. The van der Waals surface area contributed by atoms with Crippen molar-refractivity contribution in [1.29, 1.82) is 0 Å². The van der Waals surface area contributed by atoms with E-state index in [1.54, 1.807) is 18.8 Å². The molecule has 6 nitrogen and oxygen atoms in total. The van der Waals surface area contributed by atoms with Crippen LogP contribution in [-0.2, 0) is 0 Å². The van der Waals surface area contributed by atoms with Gasteiger partial charge >= 0.3 is 0 Å². The van der Waals surface area contributed by atoms with Crippen LogP contribution in [0.5, 0.6) is 11.5 Å². The molecule has 0 fully saturated rings. The average Bonchev–Trinajstić information content (AvgIpc) is 3.48. The van der Waals surface area contributed by atoms with E-state index in [-0.39, 0.29) is 5.56 Å². The van der Waals surface area contributed by atoms with Crippen LogP contribution in [0.25, 0.3) is 50.4 Å². The number of fused-ring (bicyclic) bond motifs is 3. The van der Waals surface area contributed by atoms with Crippen LogP contribution in [0.1, 0.15) is 28.1 Å². The number of aromatic nitrogens is 3. The number of nitrogens with one attached hydrogen (secondary N) is 1. The third kappa shape index (κ3) is 5.32. The average molecular weight is 588 g/mol. The molecule has 2 heterocycles. The van der Waals surface area contributed by atoms with E-state index < -0.39 is 0 Å². The third-order valence-corrected chi connectivity index (χ3v) is 7.97. The van der Waals surface area contributed by atoms with Gasteiger partial charge in [0, 0.05) is 33.8 Å². The second-order valence-electron chi connectivity index (χ2n) is 10.8. The maximum atomic E-state index is 13.9. The summed E-state index contributed by atoms with van der Waals surface area (Å²) in [5.41, 5.74) is 5.93. The Kier molecular flexibility index (Phi) is 7.13. The quantitative estimate of drug-likeness (QED) is 0.208. The Hall–Kier alpha value is -6.06. The Labute approximate surface area is 260 Å². The molecule has 0 aliphatic rings. The Morgan fingerprint density at radius 3 is 2.29 bits per heavy atom. The van der Waals surface area contributed by atoms with E-state index in [2.05, 4.69) is 29.0 Å². The monoisotopic (exact) mass is 587 g/mol. The van der Waals surface area contributed by atoms with Gasteiger partial charge in [0.05, 0.1) is 30.8 Å².